The van der Waals surface area contributed by atoms with Crippen molar-refractivity contribution in [1.29, 1.82) is 0 Å². The third-order valence-corrected chi connectivity index (χ3v) is 3.63. The molecule has 0 unspecified atom stereocenters. The van der Waals surface area contributed by atoms with Crippen molar-refractivity contribution in [3.63, 3.8) is 0 Å². The Balaban J connectivity index is 3.36. The van der Waals surface area contributed by atoms with Crippen molar-refractivity contribution in [2.24, 2.45) is 0 Å². The number of non-ortho nitro benzene ring substituents is 1. The number of benzene rings is 1. The highest BCUT2D eigenvalue weighted by Gasteiger charge is 2.17. The normalized spacial score (nSPS) is 11.4. The van der Waals surface area contributed by atoms with Gasteiger partial charge in [-0.05, 0) is 25.8 Å². The first-order chi connectivity index (χ1) is 6.32. The summed E-state index contributed by atoms with van der Waals surface area (Å²) < 4.78 is 11.8. The summed E-state index contributed by atoms with van der Waals surface area (Å²) in [5.74, 6) is 0. The van der Waals surface area contributed by atoms with E-state index in [4.69, 9.17) is 0 Å². The molecule has 0 aliphatic carbocycles. The van der Waals surface area contributed by atoms with E-state index in [9.17, 15) is 14.7 Å². The van der Waals surface area contributed by atoms with E-state index in [2.05, 4.69) is 0 Å². The lowest BCUT2D eigenvalue weighted by atomic mass is 10.2. The Morgan fingerprint density at radius 1 is 1.36 bits per heavy atom. The van der Waals surface area contributed by atoms with Crippen LogP contribution in [0.15, 0.2) is 18.2 Å². The van der Waals surface area contributed by atoms with E-state index in [-0.39, 0.29) is 5.69 Å². The molecule has 0 N–H and O–H groups in total. The van der Waals surface area contributed by atoms with Gasteiger partial charge in [0.2, 0.25) is 0 Å². The molecule has 0 radical (unpaired) electrons. The number of nitrogens with zero attached hydrogens (tertiary/aromatic N) is 1. The molecule has 0 bridgehead atoms. The third kappa shape index (κ3) is 2.20. The minimum atomic E-state index is -2.43. The first kappa shape index (κ1) is 10.9. The van der Waals surface area contributed by atoms with Crippen molar-refractivity contribution < 1.29 is 9.49 Å². The number of aryl methyl sites for hydroxylation is 1. The van der Waals surface area contributed by atoms with Crippen LogP contribution in [0.2, 0.25) is 0 Å². The molecule has 0 fully saturated rings. The molecule has 1 aromatic carbocycles. The molecule has 0 saturated heterocycles. The predicted molar refractivity (Wildman–Crippen MR) is 56.9 cm³/mol. The number of hydrogen-bond acceptors (Lipinski definition) is 3. The third-order valence-electron chi connectivity index (χ3n) is 1.98. The highest BCUT2D eigenvalue weighted by Crippen LogP contribution is 2.36. The maximum absolute atomic E-state index is 11.8. The lowest BCUT2D eigenvalue weighted by Crippen LogP contribution is -2.08. The minimum Gasteiger partial charge on any atom is -0.319 e. The molecule has 14 heavy (non-hydrogen) atoms. The molecule has 4 nitrogen and oxygen atoms in total. The van der Waals surface area contributed by atoms with Crippen LogP contribution in [0.25, 0.3) is 0 Å². The van der Waals surface area contributed by atoms with Crippen LogP contribution in [0, 0.1) is 17.0 Å². The maximum Gasteiger partial charge on any atom is 0.270 e. The van der Waals surface area contributed by atoms with E-state index in [1.165, 1.54) is 12.1 Å². The van der Waals surface area contributed by atoms with E-state index in [1.54, 1.807) is 26.3 Å². The van der Waals surface area contributed by atoms with Crippen molar-refractivity contribution >= 4 is 18.1 Å². The van der Waals surface area contributed by atoms with E-state index in [0.29, 0.717) is 5.30 Å². The Labute approximate surface area is 82.5 Å². The SMILES string of the molecule is Cc1ccc([N+](=O)[O-])cc1P(C)(C)=O. The molecule has 5 heteroatoms. The van der Waals surface area contributed by atoms with Gasteiger partial charge in [-0.3, -0.25) is 10.1 Å². The van der Waals surface area contributed by atoms with Crippen LogP contribution in [0.5, 0.6) is 0 Å². The molecule has 0 saturated carbocycles. The molecule has 0 aromatic heterocycles. The fraction of sp³-hybridized carbons (Fsp3) is 0.333. The van der Waals surface area contributed by atoms with Crippen LogP contribution in [-0.2, 0) is 4.57 Å². The zero-order chi connectivity index (χ0) is 10.9. The predicted octanol–water partition coefficient (Wildman–Crippen LogP) is 2.15. The minimum absolute atomic E-state index is 0.00507. The number of hydrogen-bond donors (Lipinski definition) is 0. The van der Waals surface area contributed by atoms with Gasteiger partial charge in [-0.15, -0.1) is 0 Å². The smallest absolute Gasteiger partial charge is 0.270 e. The fourth-order valence-corrected chi connectivity index (χ4v) is 2.66. The molecule has 76 valence electrons. The summed E-state index contributed by atoms with van der Waals surface area (Å²) in [6.07, 6.45) is 0. The molecule has 1 aromatic rings. The van der Waals surface area contributed by atoms with Crippen molar-refractivity contribution in [1.82, 2.24) is 0 Å². The Kier molecular flexibility index (Phi) is 2.76. The van der Waals surface area contributed by atoms with Gasteiger partial charge in [0.1, 0.15) is 7.14 Å². The molecular formula is C9H12NO3P. The van der Waals surface area contributed by atoms with Crippen LogP contribution < -0.4 is 5.30 Å². The Bertz CT molecular complexity index is 422. The van der Waals surface area contributed by atoms with E-state index < -0.39 is 12.1 Å². The molecule has 0 spiro atoms. The highest BCUT2D eigenvalue weighted by atomic mass is 31.2. The van der Waals surface area contributed by atoms with Gasteiger partial charge in [0.25, 0.3) is 5.69 Å². The van der Waals surface area contributed by atoms with E-state index in [0.717, 1.165) is 5.56 Å². The second kappa shape index (κ2) is 3.54. The standard InChI is InChI=1S/C9H12NO3P/c1-7-4-5-8(10(11)12)6-9(7)14(2,3)13/h4-6H,1-3H3. The number of nitro groups is 1. The summed E-state index contributed by atoms with van der Waals surface area (Å²) in [6.45, 7) is 5.02. The van der Waals surface area contributed by atoms with Crippen LogP contribution in [-0.4, -0.2) is 18.3 Å². The van der Waals surface area contributed by atoms with Crippen LogP contribution in [0.4, 0.5) is 5.69 Å². The van der Waals surface area contributed by atoms with E-state index in [1.807, 2.05) is 0 Å². The molecule has 0 aliphatic heterocycles. The van der Waals surface area contributed by atoms with Crippen LogP contribution in [0.1, 0.15) is 5.56 Å². The Morgan fingerprint density at radius 2 is 1.93 bits per heavy atom. The summed E-state index contributed by atoms with van der Waals surface area (Å²) in [6, 6.07) is 4.46. The van der Waals surface area contributed by atoms with Gasteiger partial charge in [0.15, 0.2) is 0 Å². The van der Waals surface area contributed by atoms with Gasteiger partial charge < -0.3 is 4.57 Å². The molecule has 0 heterocycles. The van der Waals surface area contributed by atoms with E-state index >= 15 is 0 Å². The zero-order valence-corrected chi connectivity index (χ0v) is 9.25. The second-order valence-electron chi connectivity index (χ2n) is 3.58. The van der Waals surface area contributed by atoms with Crippen LogP contribution >= 0.6 is 7.14 Å². The monoisotopic (exact) mass is 213 g/mol. The highest BCUT2D eigenvalue weighted by molar-refractivity contribution is 7.70. The number of rotatable bonds is 2. The van der Waals surface area contributed by atoms with Gasteiger partial charge in [-0.1, -0.05) is 6.07 Å². The number of nitro benzene ring substituents is 1. The van der Waals surface area contributed by atoms with Crippen LogP contribution in [0.3, 0.4) is 0 Å². The molecule has 0 atom stereocenters. The zero-order valence-electron chi connectivity index (χ0n) is 8.35. The fourth-order valence-electron chi connectivity index (χ4n) is 1.29. The molecular weight excluding hydrogens is 201 g/mol. The van der Waals surface area contributed by atoms with Gasteiger partial charge in [0, 0.05) is 17.4 Å². The summed E-state index contributed by atoms with van der Waals surface area (Å²) in [4.78, 5) is 10.0. The summed E-state index contributed by atoms with van der Waals surface area (Å²) in [7, 11) is -2.43. The van der Waals surface area contributed by atoms with Gasteiger partial charge in [-0.25, -0.2) is 0 Å². The summed E-state index contributed by atoms with van der Waals surface area (Å²) in [5, 5.41) is 11.1. The Morgan fingerprint density at radius 3 is 2.36 bits per heavy atom. The van der Waals surface area contributed by atoms with Crippen molar-refractivity contribution in [3.05, 3.63) is 33.9 Å². The topological polar surface area (TPSA) is 60.2 Å². The van der Waals surface area contributed by atoms with Gasteiger partial charge >= 0.3 is 0 Å². The van der Waals surface area contributed by atoms with Gasteiger partial charge in [0.05, 0.1) is 4.92 Å². The molecule has 0 aliphatic rings. The average Bonchev–Trinajstić information content (AvgIpc) is 2.02. The largest absolute Gasteiger partial charge is 0.319 e. The van der Waals surface area contributed by atoms with Gasteiger partial charge in [-0.2, -0.15) is 0 Å². The second-order valence-corrected chi connectivity index (χ2v) is 6.76. The Hall–Kier alpha value is -1.15. The van der Waals surface area contributed by atoms with Crippen molar-refractivity contribution in [2.75, 3.05) is 13.3 Å². The first-order valence-corrected chi connectivity index (χ1v) is 6.73. The lowest BCUT2D eigenvalue weighted by Gasteiger charge is -2.09. The maximum atomic E-state index is 11.8. The lowest BCUT2D eigenvalue weighted by molar-refractivity contribution is -0.384. The quantitative estimate of drug-likeness (QED) is 0.429. The van der Waals surface area contributed by atoms with Crippen molar-refractivity contribution in [2.45, 2.75) is 6.92 Å². The molecule has 0 amide bonds. The molecule has 1 rings (SSSR count). The first-order valence-electron chi connectivity index (χ1n) is 4.13. The summed E-state index contributed by atoms with van der Waals surface area (Å²) in [5.41, 5.74) is 0.832. The van der Waals surface area contributed by atoms with Crippen molar-refractivity contribution in [3.8, 4) is 0 Å². The average molecular weight is 213 g/mol. The summed E-state index contributed by atoms with van der Waals surface area (Å²) >= 11 is 0.